The maximum absolute atomic E-state index is 12.8. The summed E-state index contributed by atoms with van der Waals surface area (Å²) < 4.78 is 5.82. The summed E-state index contributed by atoms with van der Waals surface area (Å²) in [6.07, 6.45) is 1.61. The summed E-state index contributed by atoms with van der Waals surface area (Å²) in [4.78, 5) is 24.3. The quantitative estimate of drug-likeness (QED) is 0.704. The van der Waals surface area contributed by atoms with Gasteiger partial charge in [-0.15, -0.1) is 0 Å². The molecule has 3 aromatic rings. The Bertz CT molecular complexity index is 1080. The zero-order valence-corrected chi connectivity index (χ0v) is 17.8. The maximum Gasteiger partial charge on any atom is 0.231 e. The van der Waals surface area contributed by atoms with Crippen molar-refractivity contribution >= 4 is 28.5 Å². The minimum Gasteiger partial charge on any atom is -0.443 e. The minimum atomic E-state index is 0.0109. The molecule has 0 aliphatic carbocycles. The molecule has 2 aromatic heterocycles. The molecule has 4 rings (SSSR count). The van der Waals surface area contributed by atoms with Gasteiger partial charge in [-0.3, -0.25) is 4.79 Å². The molecule has 1 fully saturated rings. The largest absolute Gasteiger partial charge is 0.443 e. The Labute approximate surface area is 171 Å². The fourth-order valence-electron chi connectivity index (χ4n) is 4.02. The third-order valence-electron chi connectivity index (χ3n) is 5.94. The van der Waals surface area contributed by atoms with Crippen LogP contribution in [0.15, 0.2) is 22.6 Å². The number of rotatable bonds is 3. The summed E-state index contributed by atoms with van der Waals surface area (Å²) in [5.74, 6) is 2.63. The fourth-order valence-corrected chi connectivity index (χ4v) is 4.02. The lowest BCUT2D eigenvalue weighted by Gasteiger charge is -2.32. The van der Waals surface area contributed by atoms with Crippen molar-refractivity contribution in [2.24, 2.45) is 5.92 Å². The third kappa shape index (κ3) is 3.71. The Morgan fingerprint density at radius 1 is 1.10 bits per heavy atom. The van der Waals surface area contributed by atoms with Crippen molar-refractivity contribution < 1.29 is 9.21 Å². The molecule has 1 N–H and O–H groups in total. The van der Waals surface area contributed by atoms with E-state index in [1.807, 2.05) is 46.8 Å². The second-order valence-corrected chi connectivity index (χ2v) is 8.13. The summed E-state index contributed by atoms with van der Waals surface area (Å²) in [6, 6.07) is 6.14. The number of piperidine rings is 1. The number of nitrogens with one attached hydrogen (secondary N) is 1. The van der Waals surface area contributed by atoms with Crippen LogP contribution in [0.2, 0.25) is 0 Å². The van der Waals surface area contributed by atoms with E-state index in [4.69, 9.17) is 9.40 Å². The average molecular weight is 393 g/mol. The predicted octanol–water partition coefficient (Wildman–Crippen LogP) is 4.62. The van der Waals surface area contributed by atoms with Gasteiger partial charge >= 0.3 is 0 Å². The molecule has 29 heavy (non-hydrogen) atoms. The van der Waals surface area contributed by atoms with Crippen molar-refractivity contribution in [3.8, 4) is 0 Å². The number of fused-ring (bicyclic) bond motifs is 1. The number of aryl methyl sites for hydroxylation is 5. The Hall–Kier alpha value is -2.89. The van der Waals surface area contributed by atoms with E-state index in [9.17, 15) is 4.79 Å². The first-order valence-corrected chi connectivity index (χ1v) is 10.2. The van der Waals surface area contributed by atoms with E-state index in [0.717, 1.165) is 65.3 Å². The van der Waals surface area contributed by atoms with Gasteiger partial charge in [0.1, 0.15) is 17.4 Å². The monoisotopic (exact) mass is 392 g/mol. The van der Waals surface area contributed by atoms with Gasteiger partial charge in [-0.1, -0.05) is 12.1 Å². The van der Waals surface area contributed by atoms with Crippen molar-refractivity contribution in [2.75, 3.05) is 23.3 Å². The van der Waals surface area contributed by atoms with Crippen LogP contribution in [0.5, 0.6) is 0 Å². The van der Waals surface area contributed by atoms with E-state index in [0.29, 0.717) is 11.5 Å². The number of nitrogens with zero attached hydrogens (tertiary/aromatic N) is 3. The summed E-state index contributed by atoms with van der Waals surface area (Å²) in [7, 11) is 0. The van der Waals surface area contributed by atoms with E-state index >= 15 is 0 Å². The molecule has 1 aliphatic rings. The molecule has 1 amide bonds. The lowest BCUT2D eigenvalue weighted by Crippen LogP contribution is -2.38. The smallest absolute Gasteiger partial charge is 0.231 e. The van der Waals surface area contributed by atoms with Gasteiger partial charge in [0.15, 0.2) is 0 Å². The molecule has 152 valence electrons. The zero-order chi connectivity index (χ0) is 20.7. The van der Waals surface area contributed by atoms with Gasteiger partial charge in [-0.25, -0.2) is 4.98 Å². The highest BCUT2D eigenvalue weighted by Gasteiger charge is 2.28. The number of aromatic nitrogens is 2. The Morgan fingerprint density at radius 3 is 2.55 bits per heavy atom. The summed E-state index contributed by atoms with van der Waals surface area (Å²) in [5.41, 5.74) is 4.89. The molecule has 0 saturated carbocycles. The highest BCUT2D eigenvalue weighted by atomic mass is 16.3. The predicted molar refractivity (Wildman–Crippen MR) is 115 cm³/mol. The van der Waals surface area contributed by atoms with Crippen LogP contribution in [0.1, 0.15) is 41.1 Å². The first-order chi connectivity index (χ1) is 13.8. The van der Waals surface area contributed by atoms with Crippen LogP contribution in [0.3, 0.4) is 0 Å². The number of hydrogen-bond acceptors (Lipinski definition) is 5. The van der Waals surface area contributed by atoms with Crippen LogP contribution in [0.25, 0.3) is 11.1 Å². The maximum atomic E-state index is 12.8. The number of benzene rings is 1. The second kappa shape index (κ2) is 7.50. The van der Waals surface area contributed by atoms with Gasteiger partial charge in [0.25, 0.3) is 0 Å². The fraction of sp³-hybridized carbons (Fsp3) is 0.435. The SMILES string of the molecule is Cc1ccc(C)c(NC(=O)C2CCN(c3nc(C)nc4oc(C)c(C)c34)CC2)c1. The van der Waals surface area contributed by atoms with E-state index in [-0.39, 0.29) is 11.8 Å². The van der Waals surface area contributed by atoms with Gasteiger partial charge in [0, 0.05) is 30.3 Å². The number of carbonyl (C=O) groups excluding carboxylic acids is 1. The molecule has 1 aliphatic heterocycles. The molecule has 0 radical (unpaired) electrons. The van der Waals surface area contributed by atoms with Crippen molar-refractivity contribution in [1.29, 1.82) is 0 Å². The molecule has 0 bridgehead atoms. The molecule has 1 saturated heterocycles. The van der Waals surface area contributed by atoms with E-state index in [2.05, 4.69) is 21.3 Å². The molecule has 6 heteroatoms. The number of amides is 1. The van der Waals surface area contributed by atoms with Gasteiger partial charge in [0.05, 0.1) is 5.39 Å². The van der Waals surface area contributed by atoms with Gasteiger partial charge in [-0.05, 0) is 64.7 Å². The first kappa shape index (κ1) is 19.4. The van der Waals surface area contributed by atoms with Gasteiger partial charge in [-0.2, -0.15) is 4.98 Å². The van der Waals surface area contributed by atoms with Gasteiger partial charge < -0.3 is 14.6 Å². The lowest BCUT2D eigenvalue weighted by molar-refractivity contribution is -0.120. The summed E-state index contributed by atoms with van der Waals surface area (Å²) >= 11 is 0. The highest BCUT2D eigenvalue weighted by molar-refractivity contribution is 5.94. The first-order valence-electron chi connectivity index (χ1n) is 10.2. The van der Waals surface area contributed by atoms with E-state index in [1.165, 1.54) is 0 Å². The van der Waals surface area contributed by atoms with Crippen LogP contribution in [-0.2, 0) is 4.79 Å². The van der Waals surface area contributed by atoms with Gasteiger partial charge in [0.2, 0.25) is 11.6 Å². The Morgan fingerprint density at radius 2 is 1.83 bits per heavy atom. The minimum absolute atomic E-state index is 0.0109. The van der Waals surface area contributed by atoms with Crippen LogP contribution >= 0.6 is 0 Å². The standard InChI is InChI=1S/C23H28N4O2/c1-13-6-7-14(2)19(12-13)26-22(28)18-8-10-27(11-9-18)21-20-15(3)16(4)29-23(20)25-17(5)24-21/h6-7,12,18H,8-11H2,1-5H3,(H,26,28). The van der Waals surface area contributed by atoms with E-state index in [1.54, 1.807) is 0 Å². The second-order valence-electron chi connectivity index (χ2n) is 8.13. The van der Waals surface area contributed by atoms with Crippen molar-refractivity contribution in [3.05, 3.63) is 46.5 Å². The molecule has 6 nitrogen and oxygen atoms in total. The van der Waals surface area contributed by atoms with Crippen molar-refractivity contribution in [1.82, 2.24) is 9.97 Å². The average Bonchev–Trinajstić information content (AvgIpc) is 2.97. The third-order valence-corrected chi connectivity index (χ3v) is 5.94. The topological polar surface area (TPSA) is 71.3 Å². The molecule has 0 atom stereocenters. The highest BCUT2D eigenvalue weighted by Crippen LogP contribution is 2.33. The number of carbonyl (C=O) groups is 1. The molecule has 0 unspecified atom stereocenters. The molecule has 1 aromatic carbocycles. The molecule has 3 heterocycles. The van der Waals surface area contributed by atoms with Crippen molar-refractivity contribution in [2.45, 2.75) is 47.5 Å². The van der Waals surface area contributed by atoms with Crippen LogP contribution in [0, 0.1) is 40.5 Å². The Kier molecular flexibility index (Phi) is 5.03. The normalized spacial score (nSPS) is 15.1. The number of anilines is 2. The lowest BCUT2D eigenvalue weighted by atomic mass is 9.95. The number of hydrogen-bond donors (Lipinski definition) is 1. The van der Waals surface area contributed by atoms with Crippen LogP contribution in [-0.4, -0.2) is 29.0 Å². The Balaban J connectivity index is 1.49. The molecule has 0 spiro atoms. The van der Waals surface area contributed by atoms with E-state index < -0.39 is 0 Å². The van der Waals surface area contributed by atoms with Crippen LogP contribution < -0.4 is 10.2 Å². The van der Waals surface area contributed by atoms with Crippen molar-refractivity contribution in [3.63, 3.8) is 0 Å². The number of furan rings is 1. The molecular weight excluding hydrogens is 364 g/mol. The molecular formula is C23H28N4O2. The summed E-state index contributed by atoms with van der Waals surface area (Å²) in [5, 5.41) is 4.12. The van der Waals surface area contributed by atoms with Crippen LogP contribution in [0.4, 0.5) is 11.5 Å². The summed E-state index contributed by atoms with van der Waals surface area (Å²) in [6.45, 7) is 11.5. The zero-order valence-electron chi connectivity index (χ0n) is 17.8.